The van der Waals surface area contributed by atoms with E-state index in [2.05, 4.69) is 15.1 Å². The molecule has 0 aromatic carbocycles. The van der Waals surface area contributed by atoms with Crippen molar-refractivity contribution in [2.45, 2.75) is 31.8 Å². The Bertz CT molecular complexity index is 327. The number of hydrogen-bond acceptors (Lipinski definition) is 4. The summed E-state index contributed by atoms with van der Waals surface area (Å²) in [4.78, 5) is 2.39. The molecule has 4 nitrogen and oxygen atoms in total. The van der Waals surface area contributed by atoms with E-state index in [0.717, 1.165) is 25.3 Å². The highest BCUT2D eigenvalue weighted by Crippen LogP contribution is 2.18. The van der Waals surface area contributed by atoms with Gasteiger partial charge < -0.3 is 5.73 Å². The third-order valence-corrected chi connectivity index (χ3v) is 3.28. The number of aromatic nitrogens is 2. The minimum absolute atomic E-state index is 0.442. The Kier molecular flexibility index (Phi) is 4.09. The van der Waals surface area contributed by atoms with Gasteiger partial charge in [0.2, 0.25) is 0 Å². The summed E-state index contributed by atoms with van der Waals surface area (Å²) in [6, 6.07) is 4.20. The average Bonchev–Trinajstić information content (AvgIpc) is 2.33. The van der Waals surface area contributed by atoms with Crippen LogP contribution in [0.4, 0.5) is 0 Å². The first-order valence-electron chi connectivity index (χ1n) is 5.72. The molecule has 1 aliphatic heterocycles. The zero-order valence-corrected chi connectivity index (χ0v) is 10.0. The monoisotopic (exact) mass is 240 g/mol. The van der Waals surface area contributed by atoms with Crippen LogP contribution in [0.2, 0.25) is 5.15 Å². The lowest BCUT2D eigenvalue weighted by Crippen LogP contribution is -2.43. The van der Waals surface area contributed by atoms with Crippen molar-refractivity contribution in [2.75, 3.05) is 13.1 Å². The van der Waals surface area contributed by atoms with E-state index in [-0.39, 0.29) is 0 Å². The molecule has 2 N–H and O–H groups in total. The second-order valence-corrected chi connectivity index (χ2v) is 4.59. The van der Waals surface area contributed by atoms with E-state index >= 15 is 0 Å². The Hall–Kier alpha value is -0.710. The van der Waals surface area contributed by atoms with Crippen LogP contribution in [0.1, 0.15) is 25.0 Å². The molecule has 1 fully saturated rings. The summed E-state index contributed by atoms with van der Waals surface area (Å²) in [6.45, 7) is 2.65. The standard InChI is InChI=1S/C11H17ClN4/c12-11-5-4-9(14-15-11)8-16-6-2-1-3-10(16)7-13/h4-5,10H,1-3,6-8,13H2. The molecule has 16 heavy (non-hydrogen) atoms. The molecular weight excluding hydrogens is 224 g/mol. The lowest BCUT2D eigenvalue weighted by Gasteiger charge is -2.34. The summed E-state index contributed by atoms with van der Waals surface area (Å²) >= 11 is 5.70. The Morgan fingerprint density at radius 1 is 1.38 bits per heavy atom. The topological polar surface area (TPSA) is 55.0 Å². The number of halogens is 1. The van der Waals surface area contributed by atoms with Crippen LogP contribution in [-0.2, 0) is 6.54 Å². The molecule has 1 aromatic heterocycles. The first kappa shape index (κ1) is 11.8. The highest BCUT2D eigenvalue weighted by molar-refractivity contribution is 6.29. The highest BCUT2D eigenvalue weighted by atomic mass is 35.5. The Balaban J connectivity index is 1.99. The molecule has 1 saturated heterocycles. The molecule has 0 amide bonds. The number of nitrogens with zero attached hydrogens (tertiary/aromatic N) is 3. The van der Waals surface area contributed by atoms with Crippen molar-refractivity contribution in [2.24, 2.45) is 5.73 Å². The van der Waals surface area contributed by atoms with Crippen molar-refractivity contribution < 1.29 is 0 Å². The second kappa shape index (κ2) is 5.57. The fraction of sp³-hybridized carbons (Fsp3) is 0.636. The molecule has 2 heterocycles. The predicted octanol–water partition coefficient (Wildman–Crippen LogP) is 1.44. The van der Waals surface area contributed by atoms with Crippen LogP contribution in [0.15, 0.2) is 12.1 Å². The summed E-state index contributed by atoms with van der Waals surface area (Å²) in [7, 11) is 0. The zero-order chi connectivity index (χ0) is 11.4. The molecule has 1 unspecified atom stereocenters. The molecule has 0 radical (unpaired) electrons. The summed E-state index contributed by atoms with van der Waals surface area (Å²) in [6.07, 6.45) is 3.72. The van der Waals surface area contributed by atoms with E-state index in [0.29, 0.717) is 11.2 Å². The van der Waals surface area contributed by atoms with Crippen molar-refractivity contribution in [3.8, 4) is 0 Å². The number of piperidine rings is 1. The predicted molar refractivity (Wildman–Crippen MR) is 64.1 cm³/mol. The van der Waals surface area contributed by atoms with E-state index in [9.17, 15) is 0 Å². The molecule has 0 bridgehead atoms. The molecule has 1 aliphatic rings. The van der Waals surface area contributed by atoms with Gasteiger partial charge in [-0.15, -0.1) is 5.10 Å². The molecule has 88 valence electrons. The lowest BCUT2D eigenvalue weighted by atomic mass is 10.0. The van der Waals surface area contributed by atoms with Gasteiger partial charge in [0.15, 0.2) is 5.15 Å². The third-order valence-electron chi connectivity index (χ3n) is 3.07. The van der Waals surface area contributed by atoms with Gasteiger partial charge in [0.1, 0.15) is 0 Å². The summed E-state index contributed by atoms with van der Waals surface area (Å²) < 4.78 is 0. The molecule has 2 rings (SSSR count). The van der Waals surface area contributed by atoms with Gasteiger partial charge in [0, 0.05) is 19.1 Å². The van der Waals surface area contributed by atoms with Crippen LogP contribution < -0.4 is 5.73 Å². The SMILES string of the molecule is NCC1CCCCN1Cc1ccc(Cl)nn1. The zero-order valence-electron chi connectivity index (χ0n) is 9.27. The van der Waals surface area contributed by atoms with Gasteiger partial charge in [-0.25, -0.2) is 0 Å². The number of nitrogens with two attached hydrogens (primary N) is 1. The van der Waals surface area contributed by atoms with Gasteiger partial charge in [-0.2, -0.15) is 5.10 Å². The van der Waals surface area contributed by atoms with E-state index in [1.165, 1.54) is 19.3 Å². The maximum atomic E-state index is 5.77. The molecule has 1 aromatic rings. The maximum Gasteiger partial charge on any atom is 0.151 e. The average molecular weight is 241 g/mol. The van der Waals surface area contributed by atoms with Gasteiger partial charge >= 0.3 is 0 Å². The van der Waals surface area contributed by atoms with Crippen molar-refractivity contribution in [1.82, 2.24) is 15.1 Å². The Labute approximate surface area is 101 Å². The van der Waals surface area contributed by atoms with Crippen LogP contribution in [-0.4, -0.2) is 34.2 Å². The number of hydrogen-bond donors (Lipinski definition) is 1. The second-order valence-electron chi connectivity index (χ2n) is 4.20. The summed E-state index contributed by atoms with van der Waals surface area (Å²) in [5.74, 6) is 0. The minimum Gasteiger partial charge on any atom is -0.329 e. The summed E-state index contributed by atoms with van der Waals surface area (Å²) in [5.41, 5.74) is 6.74. The molecule has 0 spiro atoms. The largest absolute Gasteiger partial charge is 0.329 e. The number of rotatable bonds is 3. The number of likely N-dealkylation sites (tertiary alicyclic amines) is 1. The first-order chi connectivity index (χ1) is 7.79. The van der Waals surface area contributed by atoms with Crippen LogP contribution in [0.25, 0.3) is 0 Å². The van der Waals surface area contributed by atoms with Crippen LogP contribution in [0, 0.1) is 0 Å². The van der Waals surface area contributed by atoms with Gasteiger partial charge in [0.05, 0.1) is 5.69 Å². The van der Waals surface area contributed by atoms with Crippen molar-refractivity contribution in [1.29, 1.82) is 0 Å². The van der Waals surface area contributed by atoms with Gasteiger partial charge in [-0.3, -0.25) is 4.90 Å². The minimum atomic E-state index is 0.442. The lowest BCUT2D eigenvalue weighted by molar-refractivity contribution is 0.143. The van der Waals surface area contributed by atoms with Gasteiger partial charge in [-0.05, 0) is 31.5 Å². The van der Waals surface area contributed by atoms with Crippen LogP contribution in [0.5, 0.6) is 0 Å². The van der Waals surface area contributed by atoms with E-state index in [1.807, 2.05) is 6.07 Å². The molecule has 0 saturated carbocycles. The molecule has 1 atom stereocenters. The van der Waals surface area contributed by atoms with Gasteiger partial charge in [-0.1, -0.05) is 18.0 Å². The first-order valence-corrected chi connectivity index (χ1v) is 6.09. The fourth-order valence-corrected chi connectivity index (χ4v) is 2.27. The van der Waals surface area contributed by atoms with E-state index in [1.54, 1.807) is 6.07 Å². The Morgan fingerprint density at radius 2 is 2.25 bits per heavy atom. The molecule has 0 aliphatic carbocycles. The van der Waals surface area contributed by atoms with Crippen molar-refractivity contribution in [3.05, 3.63) is 23.0 Å². The van der Waals surface area contributed by atoms with Crippen LogP contribution >= 0.6 is 11.6 Å². The fourth-order valence-electron chi connectivity index (χ4n) is 2.17. The normalized spacial score (nSPS) is 22.2. The third kappa shape index (κ3) is 2.90. The van der Waals surface area contributed by atoms with Crippen molar-refractivity contribution >= 4 is 11.6 Å². The highest BCUT2D eigenvalue weighted by Gasteiger charge is 2.21. The molecular formula is C11H17ClN4. The van der Waals surface area contributed by atoms with Crippen LogP contribution in [0.3, 0.4) is 0 Å². The maximum absolute atomic E-state index is 5.77. The Morgan fingerprint density at radius 3 is 2.94 bits per heavy atom. The quantitative estimate of drug-likeness (QED) is 0.869. The molecule has 5 heteroatoms. The van der Waals surface area contributed by atoms with Crippen molar-refractivity contribution in [3.63, 3.8) is 0 Å². The summed E-state index contributed by atoms with van der Waals surface area (Å²) in [5, 5.41) is 8.37. The van der Waals surface area contributed by atoms with E-state index < -0.39 is 0 Å². The smallest absolute Gasteiger partial charge is 0.151 e. The van der Waals surface area contributed by atoms with E-state index in [4.69, 9.17) is 17.3 Å². The van der Waals surface area contributed by atoms with Gasteiger partial charge in [0.25, 0.3) is 0 Å².